The first-order valence-electron chi connectivity index (χ1n) is 7.61. The zero-order valence-electron chi connectivity index (χ0n) is 13.5. The van der Waals surface area contributed by atoms with Crippen molar-refractivity contribution in [1.82, 2.24) is 0 Å². The summed E-state index contributed by atoms with van der Waals surface area (Å²) in [6.45, 7) is 1.75. The first-order valence-corrected chi connectivity index (χ1v) is 7.61. The van der Waals surface area contributed by atoms with E-state index in [1.165, 1.54) is 19.2 Å². The van der Waals surface area contributed by atoms with Gasteiger partial charge in [-0.3, -0.25) is 0 Å². The fraction of sp³-hybridized carbons (Fsp3) is 0.150. The predicted octanol–water partition coefficient (Wildman–Crippen LogP) is 4.91. The molecular formula is C20H17FO3. The molecule has 0 N–H and O–H groups in total. The Morgan fingerprint density at radius 2 is 1.62 bits per heavy atom. The van der Waals surface area contributed by atoms with Gasteiger partial charge >= 0.3 is 5.97 Å². The smallest absolute Gasteiger partial charge is 0.342 e. The molecular weight excluding hydrogens is 307 g/mol. The highest BCUT2D eigenvalue weighted by Gasteiger charge is 2.18. The fourth-order valence-electron chi connectivity index (χ4n) is 2.57. The largest absolute Gasteiger partial charge is 0.496 e. The molecule has 0 spiro atoms. The minimum atomic E-state index is -0.491. The number of carbonyl (C=O) groups excluding carboxylic acids is 1. The molecule has 0 radical (unpaired) electrons. The molecule has 0 fully saturated rings. The van der Waals surface area contributed by atoms with Crippen molar-refractivity contribution in [1.29, 1.82) is 0 Å². The predicted molar refractivity (Wildman–Crippen MR) is 90.7 cm³/mol. The molecule has 0 saturated carbocycles. The zero-order valence-corrected chi connectivity index (χ0v) is 13.5. The summed E-state index contributed by atoms with van der Waals surface area (Å²) in [4.78, 5) is 12.5. The summed E-state index contributed by atoms with van der Waals surface area (Å²) in [5, 5.41) is 1.91. The van der Waals surface area contributed by atoms with Gasteiger partial charge in [0, 0.05) is 0 Å². The number of rotatable bonds is 4. The van der Waals surface area contributed by atoms with Crippen LogP contribution in [0.1, 0.15) is 28.9 Å². The van der Waals surface area contributed by atoms with Crippen LogP contribution in [0.4, 0.5) is 4.39 Å². The summed E-state index contributed by atoms with van der Waals surface area (Å²) in [6.07, 6.45) is -0.491. The van der Waals surface area contributed by atoms with Gasteiger partial charge in [-0.05, 0) is 47.5 Å². The standard InChI is InChI=1S/C20H17FO3/c1-13(14-7-9-17(21)10-8-14)24-20(22)18-11-15-5-3-4-6-16(15)12-19(18)23-2/h3-13H,1-2H3/t13-/m1/s1. The second-order valence-electron chi connectivity index (χ2n) is 5.50. The Bertz CT molecular complexity index is 872. The summed E-state index contributed by atoms with van der Waals surface area (Å²) < 4.78 is 23.8. The van der Waals surface area contributed by atoms with Crippen LogP contribution in [0.25, 0.3) is 10.8 Å². The average molecular weight is 324 g/mol. The van der Waals surface area contributed by atoms with E-state index < -0.39 is 12.1 Å². The fourth-order valence-corrected chi connectivity index (χ4v) is 2.57. The van der Waals surface area contributed by atoms with E-state index in [1.54, 1.807) is 25.1 Å². The topological polar surface area (TPSA) is 35.5 Å². The average Bonchev–Trinajstić information content (AvgIpc) is 2.61. The second kappa shape index (κ2) is 6.71. The van der Waals surface area contributed by atoms with Crippen molar-refractivity contribution in [2.75, 3.05) is 7.11 Å². The SMILES string of the molecule is COc1cc2ccccc2cc1C(=O)O[C@H](C)c1ccc(F)cc1. The van der Waals surface area contributed by atoms with Crippen molar-refractivity contribution in [3.05, 3.63) is 77.6 Å². The maximum atomic E-state index is 13.0. The van der Waals surface area contributed by atoms with Crippen molar-refractivity contribution in [2.45, 2.75) is 13.0 Å². The van der Waals surface area contributed by atoms with Crippen molar-refractivity contribution < 1.29 is 18.7 Å². The molecule has 24 heavy (non-hydrogen) atoms. The number of ether oxygens (including phenoxy) is 2. The van der Waals surface area contributed by atoms with Crippen LogP contribution in [0.2, 0.25) is 0 Å². The molecule has 0 saturated heterocycles. The molecule has 0 aliphatic carbocycles. The summed E-state index contributed by atoms with van der Waals surface area (Å²) >= 11 is 0. The van der Waals surface area contributed by atoms with Crippen LogP contribution in [0.3, 0.4) is 0 Å². The summed E-state index contributed by atoms with van der Waals surface area (Å²) in [5.74, 6) is -0.340. The van der Waals surface area contributed by atoms with Crippen molar-refractivity contribution in [3.8, 4) is 5.75 Å². The minimum absolute atomic E-state index is 0.325. The molecule has 3 aromatic rings. The monoisotopic (exact) mass is 324 g/mol. The lowest BCUT2D eigenvalue weighted by Gasteiger charge is -2.15. The molecule has 3 aromatic carbocycles. The summed E-state index contributed by atoms with van der Waals surface area (Å²) in [6, 6.07) is 17.2. The Morgan fingerprint density at radius 1 is 1.00 bits per heavy atom. The van der Waals surface area contributed by atoms with Gasteiger partial charge in [0.1, 0.15) is 23.2 Å². The number of carbonyl (C=O) groups is 1. The van der Waals surface area contributed by atoms with Crippen LogP contribution in [-0.2, 0) is 4.74 Å². The van der Waals surface area contributed by atoms with Gasteiger partial charge in [-0.2, -0.15) is 0 Å². The molecule has 1 atom stereocenters. The van der Waals surface area contributed by atoms with E-state index in [9.17, 15) is 9.18 Å². The number of methoxy groups -OCH3 is 1. The molecule has 0 aromatic heterocycles. The first kappa shape index (κ1) is 16.0. The van der Waals surface area contributed by atoms with E-state index in [0.29, 0.717) is 11.3 Å². The van der Waals surface area contributed by atoms with Gasteiger partial charge in [0.25, 0.3) is 0 Å². The Morgan fingerprint density at radius 3 is 2.25 bits per heavy atom. The van der Waals surface area contributed by atoms with Gasteiger partial charge < -0.3 is 9.47 Å². The lowest BCUT2D eigenvalue weighted by molar-refractivity contribution is 0.0334. The van der Waals surface area contributed by atoms with Crippen LogP contribution in [0.15, 0.2) is 60.7 Å². The first-order chi connectivity index (χ1) is 11.6. The van der Waals surface area contributed by atoms with Crippen molar-refractivity contribution in [3.63, 3.8) is 0 Å². The molecule has 3 rings (SSSR count). The number of fused-ring (bicyclic) bond motifs is 1. The molecule has 0 aliphatic heterocycles. The van der Waals surface area contributed by atoms with Crippen molar-refractivity contribution >= 4 is 16.7 Å². The highest BCUT2D eigenvalue weighted by molar-refractivity contribution is 5.98. The maximum absolute atomic E-state index is 13.0. The van der Waals surface area contributed by atoms with Crippen LogP contribution in [-0.4, -0.2) is 13.1 Å². The normalized spacial score (nSPS) is 12.0. The second-order valence-corrected chi connectivity index (χ2v) is 5.50. The van der Waals surface area contributed by atoms with Crippen LogP contribution in [0, 0.1) is 5.82 Å². The van der Waals surface area contributed by atoms with Crippen LogP contribution in [0.5, 0.6) is 5.75 Å². The number of halogens is 1. The van der Waals surface area contributed by atoms with E-state index in [-0.39, 0.29) is 5.82 Å². The molecule has 0 aliphatic rings. The molecule has 0 bridgehead atoms. The molecule has 0 amide bonds. The molecule has 3 nitrogen and oxygen atoms in total. The Balaban J connectivity index is 1.88. The zero-order chi connectivity index (χ0) is 17.1. The molecule has 4 heteroatoms. The lowest BCUT2D eigenvalue weighted by Crippen LogP contribution is -2.10. The maximum Gasteiger partial charge on any atom is 0.342 e. The van der Waals surface area contributed by atoms with E-state index >= 15 is 0 Å². The minimum Gasteiger partial charge on any atom is -0.496 e. The summed E-state index contributed by atoms with van der Waals surface area (Å²) in [5.41, 5.74) is 1.09. The Labute approximate surface area is 139 Å². The molecule has 122 valence electrons. The number of esters is 1. The van der Waals surface area contributed by atoms with Gasteiger partial charge in [-0.15, -0.1) is 0 Å². The molecule has 0 heterocycles. The number of benzene rings is 3. The Hall–Kier alpha value is -2.88. The third-order valence-corrected chi connectivity index (χ3v) is 3.91. The third kappa shape index (κ3) is 3.23. The summed E-state index contributed by atoms with van der Waals surface area (Å²) in [7, 11) is 1.52. The van der Waals surface area contributed by atoms with Crippen LogP contribution < -0.4 is 4.74 Å². The van der Waals surface area contributed by atoms with Gasteiger partial charge in [-0.1, -0.05) is 36.4 Å². The van der Waals surface area contributed by atoms with Gasteiger partial charge in [-0.25, -0.2) is 9.18 Å². The van der Waals surface area contributed by atoms with Gasteiger partial charge in [0.05, 0.1) is 7.11 Å². The highest BCUT2D eigenvalue weighted by atomic mass is 19.1. The van der Waals surface area contributed by atoms with E-state index in [1.807, 2.05) is 30.3 Å². The van der Waals surface area contributed by atoms with E-state index in [2.05, 4.69) is 0 Å². The van der Waals surface area contributed by atoms with Gasteiger partial charge in [0.15, 0.2) is 0 Å². The number of hydrogen-bond donors (Lipinski definition) is 0. The third-order valence-electron chi connectivity index (χ3n) is 3.91. The highest BCUT2D eigenvalue weighted by Crippen LogP contribution is 2.28. The van der Waals surface area contributed by atoms with E-state index in [0.717, 1.165) is 16.3 Å². The van der Waals surface area contributed by atoms with Gasteiger partial charge in [0.2, 0.25) is 0 Å². The quantitative estimate of drug-likeness (QED) is 0.640. The van der Waals surface area contributed by atoms with Crippen LogP contribution >= 0.6 is 0 Å². The molecule has 0 unspecified atom stereocenters. The number of hydrogen-bond acceptors (Lipinski definition) is 3. The van der Waals surface area contributed by atoms with E-state index in [4.69, 9.17) is 9.47 Å². The van der Waals surface area contributed by atoms with Crippen molar-refractivity contribution in [2.24, 2.45) is 0 Å². The Kier molecular flexibility index (Phi) is 4.47. The lowest BCUT2D eigenvalue weighted by atomic mass is 10.1.